The van der Waals surface area contributed by atoms with Crippen molar-refractivity contribution in [2.24, 2.45) is 0 Å². The minimum atomic E-state index is 0.00399. The molecule has 0 fully saturated rings. The summed E-state index contributed by atoms with van der Waals surface area (Å²) in [4.78, 5) is 19.6. The largest absolute Gasteiger partial charge is 0.362 e. The van der Waals surface area contributed by atoms with Gasteiger partial charge in [0.1, 0.15) is 5.82 Å². The van der Waals surface area contributed by atoms with Gasteiger partial charge in [-0.2, -0.15) is 0 Å². The van der Waals surface area contributed by atoms with E-state index in [2.05, 4.69) is 22.0 Å². The fourth-order valence-electron chi connectivity index (χ4n) is 2.98. The Morgan fingerprint density at radius 2 is 1.78 bits per heavy atom. The van der Waals surface area contributed by atoms with E-state index in [0.29, 0.717) is 11.9 Å². The fraction of sp³-hybridized carbons (Fsp3) is 0.158. The smallest absolute Gasteiger partial charge is 0.265 e. The van der Waals surface area contributed by atoms with Gasteiger partial charge in [-0.15, -0.1) is 0 Å². The third-order valence-corrected chi connectivity index (χ3v) is 4.24. The summed E-state index contributed by atoms with van der Waals surface area (Å²) in [6, 6.07) is 17.8. The maximum Gasteiger partial charge on any atom is 0.265 e. The molecule has 0 atom stereocenters. The molecule has 1 aliphatic heterocycles. The maximum absolute atomic E-state index is 12.6. The molecule has 0 spiro atoms. The molecular weight excluding hydrogens is 286 g/mol. The lowest BCUT2D eigenvalue weighted by atomic mass is 10.2. The van der Waals surface area contributed by atoms with Crippen LogP contribution in [0.1, 0.15) is 18.3 Å². The molecule has 0 saturated heterocycles. The summed E-state index contributed by atoms with van der Waals surface area (Å²) in [6.07, 6.45) is 1.89. The predicted molar refractivity (Wildman–Crippen MR) is 91.6 cm³/mol. The molecule has 0 radical (unpaired) electrons. The Balaban J connectivity index is 1.77. The van der Waals surface area contributed by atoms with Crippen molar-refractivity contribution in [3.63, 3.8) is 0 Å². The number of benzene rings is 2. The molecule has 4 nitrogen and oxygen atoms in total. The third kappa shape index (κ3) is 2.42. The summed E-state index contributed by atoms with van der Waals surface area (Å²) in [5, 5.41) is 0.664. The number of nitrogens with zero attached hydrogens (tertiary/aromatic N) is 3. The molecule has 4 rings (SSSR count). The number of aromatic nitrogens is 2. The van der Waals surface area contributed by atoms with E-state index in [9.17, 15) is 4.79 Å². The van der Waals surface area contributed by atoms with Gasteiger partial charge in [-0.1, -0.05) is 42.5 Å². The van der Waals surface area contributed by atoms with E-state index < -0.39 is 0 Å². The van der Waals surface area contributed by atoms with Crippen molar-refractivity contribution in [2.75, 3.05) is 0 Å². The summed E-state index contributed by atoms with van der Waals surface area (Å²) in [5.41, 5.74) is 3.08. The van der Waals surface area contributed by atoms with Gasteiger partial charge in [-0.25, -0.2) is 4.98 Å². The van der Waals surface area contributed by atoms with Crippen molar-refractivity contribution in [2.45, 2.75) is 20.0 Å². The molecule has 1 aromatic heterocycles. The van der Waals surface area contributed by atoms with Crippen LogP contribution in [0.5, 0.6) is 0 Å². The summed E-state index contributed by atoms with van der Waals surface area (Å²) < 4.78 is 1.68. The van der Waals surface area contributed by atoms with Crippen LogP contribution in [0.4, 0.5) is 0 Å². The molecular formula is C19H17N3O. The second-order valence-electron chi connectivity index (χ2n) is 5.83. The molecule has 114 valence electrons. The molecule has 23 heavy (non-hydrogen) atoms. The maximum atomic E-state index is 12.6. The topological polar surface area (TPSA) is 38.1 Å². The molecule has 0 N–H and O–H groups in total. The fourth-order valence-corrected chi connectivity index (χ4v) is 2.98. The van der Waals surface area contributed by atoms with Crippen LogP contribution >= 0.6 is 0 Å². The minimum Gasteiger partial charge on any atom is -0.362 e. The Labute approximate surface area is 134 Å². The van der Waals surface area contributed by atoms with Gasteiger partial charge in [0.2, 0.25) is 0 Å². The van der Waals surface area contributed by atoms with Crippen molar-refractivity contribution in [3.05, 3.63) is 82.0 Å². The number of hydrogen-bond acceptors (Lipinski definition) is 3. The Morgan fingerprint density at radius 3 is 2.61 bits per heavy atom. The Morgan fingerprint density at radius 1 is 1.04 bits per heavy atom. The first-order valence-electron chi connectivity index (χ1n) is 7.70. The molecule has 1 aliphatic rings. The van der Waals surface area contributed by atoms with E-state index in [1.165, 1.54) is 5.56 Å². The lowest BCUT2D eigenvalue weighted by Crippen LogP contribution is -2.32. The number of para-hydroxylation sites is 1. The van der Waals surface area contributed by atoms with Crippen LogP contribution < -0.4 is 5.56 Å². The Kier molecular flexibility index (Phi) is 3.23. The molecule has 0 unspecified atom stereocenters. The molecule has 0 saturated carbocycles. The molecule has 0 aliphatic carbocycles. The van der Waals surface area contributed by atoms with E-state index >= 15 is 0 Å². The lowest BCUT2D eigenvalue weighted by Gasteiger charge is -2.30. The van der Waals surface area contributed by atoms with E-state index in [4.69, 9.17) is 0 Å². The van der Waals surface area contributed by atoms with Crippen LogP contribution in [0.3, 0.4) is 0 Å². The van der Waals surface area contributed by atoms with Crippen molar-refractivity contribution in [1.82, 2.24) is 14.5 Å². The summed E-state index contributed by atoms with van der Waals surface area (Å²) in [6.45, 7) is 3.48. The zero-order chi connectivity index (χ0) is 15.8. The molecule has 2 aromatic carbocycles. The van der Waals surface area contributed by atoms with Crippen molar-refractivity contribution in [3.8, 4) is 0 Å². The van der Waals surface area contributed by atoms with Crippen molar-refractivity contribution >= 4 is 17.1 Å². The average molecular weight is 303 g/mol. The van der Waals surface area contributed by atoms with Crippen LogP contribution in [0.25, 0.3) is 17.1 Å². The Hall–Kier alpha value is -2.88. The summed E-state index contributed by atoms with van der Waals surface area (Å²) >= 11 is 0. The second kappa shape index (κ2) is 5.39. The molecule has 0 amide bonds. The van der Waals surface area contributed by atoms with Crippen LogP contribution in [-0.2, 0) is 13.1 Å². The first-order chi connectivity index (χ1) is 11.2. The van der Waals surface area contributed by atoms with Gasteiger partial charge in [-0.05, 0) is 24.6 Å². The van der Waals surface area contributed by atoms with Crippen LogP contribution in [0.15, 0.2) is 65.1 Å². The van der Waals surface area contributed by atoms with Gasteiger partial charge in [0.05, 0.1) is 17.4 Å². The first-order valence-corrected chi connectivity index (χ1v) is 7.70. The number of hydrogen-bond donors (Lipinski definition) is 0. The van der Waals surface area contributed by atoms with E-state index in [0.717, 1.165) is 23.6 Å². The van der Waals surface area contributed by atoms with Crippen LogP contribution in [0.2, 0.25) is 0 Å². The molecule has 4 heteroatoms. The third-order valence-electron chi connectivity index (χ3n) is 4.24. The zero-order valence-electron chi connectivity index (χ0n) is 12.9. The average Bonchev–Trinajstić information content (AvgIpc) is 2.58. The van der Waals surface area contributed by atoms with Crippen LogP contribution in [-0.4, -0.2) is 14.5 Å². The highest BCUT2D eigenvalue weighted by atomic mass is 16.1. The van der Waals surface area contributed by atoms with E-state index in [-0.39, 0.29) is 5.56 Å². The van der Waals surface area contributed by atoms with Gasteiger partial charge in [-0.3, -0.25) is 9.36 Å². The summed E-state index contributed by atoms with van der Waals surface area (Å²) in [7, 11) is 0. The predicted octanol–water partition coefficient (Wildman–Crippen LogP) is 3.23. The number of allylic oxidation sites excluding steroid dienone is 1. The highest BCUT2D eigenvalue weighted by molar-refractivity contribution is 5.77. The number of rotatable bonds is 2. The highest BCUT2D eigenvalue weighted by Crippen LogP contribution is 2.20. The zero-order valence-corrected chi connectivity index (χ0v) is 12.9. The van der Waals surface area contributed by atoms with Gasteiger partial charge in [0.15, 0.2) is 0 Å². The van der Waals surface area contributed by atoms with Gasteiger partial charge in [0.25, 0.3) is 5.56 Å². The van der Waals surface area contributed by atoms with Gasteiger partial charge in [0, 0.05) is 18.4 Å². The molecule has 2 heterocycles. The first kappa shape index (κ1) is 13.8. The Bertz CT molecular complexity index is 957. The van der Waals surface area contributed by atoms with Crippen LogP contribution in [0, 0.1) is 0 Å². The highest BCUT2D eigenvalue weighted by Gasteiger charge is 2.19. The van der Waals surface area contributed by atoms with Crippen molar-refractivity contribution in [1.29, 1.82) is 0 Å². The molecule has 3 aromatic rings. The standard InChI is InChI=1S/C19H17N3O/c1-14-11-22-18(13-21(14)12-15-7-3-2-4-8-15)20-17-10-6-5-9-16(17)19(22)23/h2-11H,12-13H2,1H3. The second-order valence-corrected chi connectivity index (χ2v) is 5.83. The van der Waals surface area contributed by atoms with Crippen molar-refractivity contribution < 1.29 is 0 Å². The normalized spacial score (nSPS) is 13.8. The van der Waals surface area contributed by atoms with E-state index in [1.807, 2.05) is 55.6 Å². The van der Waals surface area contributed by atoms with Gasteiger partial charge >= 0.3 is 0 Å². The quantitative estimate of drug-likeness (QED) is 0.729. The van der Waals surface area contributed by atoms with E-state index in [1.54, 1.807) is 4.57 Å². The summed E-state index contributed by atoms with van der Waals surface area (Å²) in [5.74, 6) is 0.787. The van der Waals surface area contributed by atoms with Gasteiger partial charge < -0.3 is 4.90 Å². The SMILES string of the molecule is CC1=Cn2c(nc3ccccc3c2=O)CN1Cc1ccccc1. The minimum absolute atomic E-state index is 0.00399. The molecule has 0 bridgehead atoms. The monoisotopic (exact) mass is 303 g/mol. The number of fused-ring (bicyclic) bond motifs is 2. The lowest BCUT2D eigenvalue weighted by molar-refractivity contribution is 0.310.